The highest BCUT2D eigenvalue weighted by atomic mass is 35.5. The van der Waals surface area contributed by atoms with Crippen LogP contribution in [-0.2, 0) is 6.42 Å². The third kappa shape index (κ3) is 3.78. The molecule has 2 heterocycles. The van der Waals surface area contributed by atoms with Crippen LogP contribution in [0.2, 0.25) is 5.02 Å². The van der Waals surface area contributed by atoms with Crippen LogP contribution in [0.15, 0.2) is 42.5 Å². The van der Waals surface area contributed by atoms with Gasteiger partial charge in [-0.15, -0.1) is 0 Å². The van der Waals surface area contributed by atoms with E-state index in [1.807, 2.05) is 0 Å². The summed E-state index contributed by atoms with van der Waals surface area (Å²) in [5.74, 6) is -1.02. The van der Waals surface area contributed by atoms with Gasteiger partial charge < -0.3 is 5.73 Å². The minimum Gasteiger partial charge on any atom is -0.366 e. The van der Waals surface area contributed by atoms with E-state index in [4.69, 9.17) is 17.3 Å². The zero-order chi connectivity index (χ0) is 20.5. The Kier molecular flexibility index (Phi) is 5.39. The topological polar surface area (TPSA) is 83.7 Å². The number of nitrogens with two attached hydrogens (primary N) is 1. The van der Waals surface area contributed by atoms with Crippen LogP contribution < -0.4 is 5.73 Å². The van der Waals surface area contributed by atoms with Crippen molar-refractivity contribution in [2.45, 2.75) is 25.3 Å². The maximum atomic E-state index is 12.8. The smallest absolute Gasteiger partial charge is 0.261 e. The molecule has 2 aromatic carbocycles. The highest BCUT2D eigenvalue weighted by molar-refractivity contribution is 6.31. The quantitative estimate of drug-likeness (QED) is 0.741. The number of nitrogens with zero attached hydrogens (tertiary/aromatic N) is 2. The molecule has 1 atom stereocenters. The van der Waals surface area contributed by atoms with E-state index in [9.17, 15) is 14.4 Å². The number of hydrogen-bond acceptors (Lipinski definition) is 4. The molecule has 0 spiro atoms. The molecule has 1 unspecified atom stereocenters. The monoisotopic (exact) mass is 411 g/mol. The van der Waals surface area contributed by atoms with E-state index in [1.165, 1.54) is 4.90 Å². The molecule has 4 rings (SSSR count). The molecule has 0 saturated carbocycles. The Morgan fingerprint density at radius 2 is 1.66 bits per heavy atom. The molecule has 0 aromatic heterocycles. The van der Waals surface area contributed by atoms with Crippen LogP contribution in [-0.4, -0.2) is 53.2 Å². The van der Waals surface area contributed by atoms with Crippen LogP contribution in [0.1, 0.15) is 49.5 Å². The molecule has 1 saturated heterocycles. The fourth-order valence-corrected chi connectivity index (χ4v) is 4.41. The average molecular weight is 412 g/mol. The fourth-order valence-electron chi connectivity index (χ4n) is 4.15. The lowest BCUT2D eigenvalue weighted by molar-refractivity contribution is 0.0600. The van der Waals surface area contributed by atoms with Gasteiger partial charge in [0.25, 0.3) is 11.8 Å². The summed E-state index contributed by atoms with van der Waals surface area (Å²) in [4.78, 5) is 40.6. The van der Waals surface area contributed by atoms with Crippen LogP contribution >= 0.6 is 11.6 Å². The summed E-state index contributed by atoms with van der Waals surface area (Å²) in [7, 11) is 0. The third-order valence-electron chi connectivity index (χ3n) is 5.72. The number of rotatable bonds is 6. The van der Waals surface area contributed by atoms with Crippen molar-refractivity contribution in [3.8, 4) is 0 Å². The second-order valence-electron chi connectivity index (χ2n) is 7.54. The molecule has 0 bridgehead atoms. The molecule has 29 heavy (non-hydrogen) atoms. The predicted molar refractivity (Wildman–Crippen MR) is 110 cm³/mol. The fraction of sp³-hybridized carbons (Fsp3) is 0.318. The lowest BCUT2D eigenvalue weighted by Gasteiger charge is -2.31. The maximum Gasteiger partial charge on any atom is 0.261 e. The summed E-state index contributed by atoms with van der Waals surface area (Å²) in [6.45, 7) is 2.15. The van der Waals surface area contributed by atoms with Crippen molar-refractivity contribution in [2.75, 3.05) is 19.6 Å². The second kappa shape index (κ2) is 7.97. The Morgan fingerprint density at radius 1 is 1.03 bits per heavy atom. The Morgan fingerprint density at radius 3 is 2.21 bits per heavy atom. The van der Waals surface area contributed by atoms with Gasteiger partial charge in [0.05, 0.1) is 11.1 Å². The van der Waals surface area contributed by atoms with Crippen LogP contribution in [0, 0.1) is 0 Å². The molecule has 0 radical (unpaired) electrons. The van der Waals surface area contributed by atoms with Gasteiger partial charge in [-0.05, 0) is 62.2 Å². The van der Waals surface area contributed by atoms with Crippen molar-refractivity contribution < 1.29 is 14.4 Å². The Bertz CT molecular complexity index is 950. The SMILES string of the molecule is NC(=O)c1ccc(CC(CN2C(=O)c3ccccc3C2=O)N2CCCC2)c(Cl)c1. The second-order valence-corrected chi connectivity index (χ2v) is 7.95. The van der Waals surface area contributed by atoms with Crippen molar-refractivity contribution in [2.24, 2.45) is 5.73 Å². The van der Waals surface area contributed by atoms with Crippen molar-refractivity contribution in [3.63, 3.8) is 0 Å². The number of amides is 3. The van der Waals surface area contributed by atoms with E-state index in [0.717, 1.165) is 31.5 Å². The first-order valence-electron chi connectivity index (χ1n) is 9.73. The molecular formula is C22H22ClN3O3. The van der Waals surface area contributed by atoms with Gasteiger partial charge in [-0.3, -0.25) is 24.2 Å². The summed E-state index contributed by atoms with van der Waals surface area (Å²) < 4.78 is 0. The molecule has 6 nitrogen and oxygen atoms in total. The van der Waals surface area contributed by atoms with Gasteiger partial charge in [-0.25, -0.2) is 0 Å². The standard InChI is InChI=1S/C22H22ClN3O3/c23-19-12-15(20(24)27)8-7-14(19)11-16(25-9-3-4-10-25)13-26-21(28)17-5-1-2-6-18(17)22(26)29/h1-2,5-8,12,16H,3-4,9-11,13H2,(H2,24,27). The Labute approximate surface area is 174 Å². The molecular weight excluding hydrogens is 390 g/mol. The normalized spacial score (nSPS) is 17.6. The first-order valence-corrected chi connectivity index (χ1v) is 10.1. The molecule has 2 aliphatic heterocycles. The molecule has 3 amide bonds. The molecule has 7 heteroatoms. The molecule has 2 aliphatic rings. The van der Waals surface area contributed by atoms with Gasteiger partial charge in [0.1, 0.15) is 0 Å². The predicted octanol–water partition coefficient (Wildman–Crippen LogP) is 2.74. The van der Waals surface area contributed by atoms with Crippen molar-refractivity contribution in [1.82, 2.24) is 9.80 Å². The van der Waals surface area contributed by atoms with Crippen LogP contribution in [0.3, 0.4) is 0 Å². The summed E-state index contributed by atoms with van der Waals surface area (Å²) >= 11 is 6.40. The highest BCUT2D eigenvalue weighted by Gasteiger charge is 2.37. The number of carbonyl (C=O) groups excluding carboxylic acids is 3. The largest absolute Gasteiger partial charge is 0.366 e. The minimum atomic E-state index is -0.527. The molecule has 1 fully saturated rings. The Balaban J connectivity index is 1.58. The first kappa shape index (κ1) is 19.6. The number of benzene rings is 2. The van der Waals surface area contributed by atoms with Crippen molar-refractivity contribution >= 4 is 29.3 Å². The number of carbonyl (C=O) groups is 3. The van der Waals surface area contributed by atoms with Crippen LogP contribution in [0.4, 0.5) is 0 Å². The van der Waals surface area contributed by atoms with Crippen molar-refractivity contribution in [1.29, 1.82) is 0 Å². The van der Waals surface area contributed by atoms with Gasteiger partial charge >= 0.3 is 0 Å². The third-order valence-corrected chi connectivity index (χ3v) is 6.07. The number of hydrogen-bond donors (Lipinski definition) is 1. The summed E-state index contributed by atoms with van der Waals surface area (Å²) in [5.41, 5.74) is 7.47. The number of imide groups is 1. The van der Waals surface area contributed by atoms with Gasteiger partial charge in [0, 0.05) is 23.2 Å². The average Bonchev–Trinajstić information content (AvgIpc) is 3.32. The van der Waals surface area contributed by atoms with E-state index < -0.39 is 5.91 Å². The van der Waals surface area contributed by atoms with E-state index in [-0.39, 0.29) is 17.9 Å². The number of halogens is 1. The zero-order valence-electron chi connectivity index (χ0n) is 15.9. The van der Waals surface area contributed by atoms with E-state index in [0.29, 0.717) is 34.7 Å². The van der Waals surface area contributed by atoms with E-state index in [2.05, 4.69) is 4.90 Å². The van der Waals surface area contributed by atoms with Gasteiger partial charge in [0.15, 0.2) is 0 Å². The Hall–Kier alpha value is -2.70. The molecule has 2 aromatic rings. The van der Waals surface area contributed by atoms with E-state index >= 15 is 0 Å². The molecule has 2 N–H and O–H groups in total. The van der Waals surface area contributed by atoms with Crippen molar-refractivity contribution in [3.05, 3.63) is 69.7 Å². The van der Waals surface area contributed by atoms with Gasteiger partial charge in [0.2, 0.25) is 5.91 Å². The first-order chi connectivity index (χ1) is 14.0. The van der Waals surface area contributed by atoms with Gasteiger partial charge in [-0.1, -0.05) is 29.8 Å². The summed E-state index contributed by atoms with van der Waals surface area (Å²) in [6.07, 6.45) is 2.76. The number of primary amides is 1. The minimum absolute atomic E-state index is 0.0448. The summed E-state index contributed by atoms with van der Waals surface area (Å²) in [6, 6.07) is 11.9. The number of fused-ring (bicyclic) bond motifs is 1. The van der Waals surface area contributed by atoms with E-state index in [1.54, 1.807) is 42.5 Å². The molecule has 150 valence electrons. The lowest BCUT2D eigenvalue weighted by Crippen LogP contribution is -2.46. The van der Waals surface area contributed by atoms with Gasteiger partial charge in [-0.2, -0.15) is 0 Å². The highest BCUT2D eigenvalue weighted by Crippen LogP contribution is 2.27. The van der Waals surface area contributed by atoms with Crippen LogP contribution in [0.25, 0.3) is 0 Å². The molecule has 0 aliphatic carbocycles. The maximum absolute atomic E-state index is 12.8. The van der Waals surface area contributed by atoms with Crippen LogP contribution in [0.5, 0.6) is 0 Å². The summed E-state index contributed by atoms with van der Waals surface area (Å²) in [5, 5.41) is 0.466. The number of likely N-dealkylation sites (tertiary alicyclic amines) is 1. The lowest BCUT2D eigenvalue weighted by atomic mass is 10.0. The zero-order valence-corrected chi connectivity index (χ0v) is 16.7.